The van der Waals surface area contributed by atoms with Gasteiger partial charge in [-0.05, 0) is 55.9 Å². The summed E-state index contributed by atoms with van der Waals surface area (Å²) in [7, 11) is 1.67. The van der Waals surface area contributed by atoms with Crippen LogP contribution >= 0.6 is 0 Å². The molecular formula is C18H22N2O2. The van der Waals surface area contributed by atoms with Crippen LogP contribution in [0.5, 0.6) is 5.75 Å². The standard InChI is InChI=1S/C18H22N2O2/c1-12-16(8-9-19-12)18(21)20-17(14-6-7-14)11-13-4-3-5-15(10-13)22-2/h3-5,8-10,14,17,19H,6-7,11H2,1-2H3,(H,20,21)/t17-/m0/s1. The number of methoxy groups -OCH3 is 1. The molecule has 0 unspecified atom stereocenters. The molecular weight excluding hydrogens is 276 g/mol. The van der Waals surface area contributed by atoms with Crippen molar-refractivity contribution in [1.82, 2.24) is 10.3 Å². The summed E-state index contributed by atoms with van der Waals surface area (Å²) in [6.45, 7) is 1.92. The van der Waals surface area contributed by atoms with Crippen LogP contribution in [0.3, 0.4) is 0 Å². The Morgan fingerprint density at radius 1 is 1.41 bits per heavy atom. The van der Waals surface area contributed by atoms with E-state index in [1.807, 2.05) is 31.2 Å². The van der Waals surface area contributed by atoms with Crippen LogP contribution < -0.4 is 10.1 Å². The van der Waals surface area contributed by atoms with E-state index < -0.39 is 0 Å². The van der Waals surface area contributed by atoms with Gasteiger partial charge in [-0.2, -0.15) is 0 Å². The molecule has 4 nitrogen and oxygen atoms in total. The quantitative estimate of drug-likeness (QED) is 0.861. The second kappa shape index (κ2) is 6.26. The first kappa shape index (κ1) is 14.7. The third kappa shape index (κ3) is 3.32. The fourth-order valence-corrected chi connectivity index (χ4v) is 2.83. The Morgan fingerprint density at radius 2 is 2.23 bits per heavy atom. The predicted octanol–water partition coefficient (Wildman–Crippen LogP) is 3.08. The summed E-state index contributed by atoms with van der Waals surface area (Å²) in [5.74, 6) is 1.47. The SMILES string of the molecule is COc1cccc(C[C@H](NC(=O)c2cc[nH]c2C)C2CC2)c1. The van der Waals surface area contributed by atoms with Crippen molar-refractivity contribution in [2.75, 3.05) is 7.11 Å². The third-order valence-corrected chi connectivity index (χ3v) is 4.30. The van der Waals surface area contributed by atoms with E-state index in [1.165, 1.54) is 18.4 Å². The Hall–Kier alpha value is -2.23. The van der Waals surface area contributed by atoms with E-state index in [9.17, 15) is 4.79 Å². The van der Waals surface area contributed by atoms with Crippen molar-refractivity contribution in [2.24, 2.45) is 5.92 Å². The number of amides is 1. The molecule has 1 aliphatic rings. The largest absolute Gasteiger partial charge is 0.497 e. The van der Waals surface area contributed by atoms with E-state index in [1.54, 1.807) is 13.3 Å². The number of rotatable bonds is 6. The second-order valence-corrected chi connectivity index (χ2v) is 5.99. The fraction of sp³-hybridized carbons (Fsp3) is 0.389. The van der Waals surface area contributed by atoms with Gasteiger partial charge in [0.15, 0.2) is 0 Å². The zero-order valence-electron chi connectivity index (χ0n) is 13.1. The maximum Gasteiger partial charge on any atom is 0.253 e. The highest BCUT2D eigenvalue weighted by molar-refractivity contribution is 5.95. The Morgan fingerprint density at radius 3 is 2.86 bits per heavy atom. The lowest BCUT2D eigenvalue weighted by Gasteiger charge is -2.19. The molecule has 0 saturated heterocycles. The summed E-state index contributed by atoms with van der Waals surface area (Å²) in [5, 5.41) is 3.21. The fourth-order valence-electron chi connectivity index (χ4n) is 2.83. The molecule has 1 fully saturated rings. The maximum atomic E-state index is 12.4. The number of hydrogen-bond acceptors (Lipinski definition) is 2. The molecule has 3 rings (SSSR count). The molecule has 1 aromatic carbocycles. The van der Waals surface area contributed by atoms with Gasteiger partial charge in [0, 0.05) is 17.9 Å². The number of nitrogens with one attached hydrogen (secondary N) is 2. The molecule has 0 bridgehead atoms. The highest BCUT2D eigenvalue weighted by Crippen LogP contribution is 2.34. The molecule has 0 spiro atoms. The van der Waals surface area contributed by atoms with Gasteiger partial charge in [0.1, 0.15) is 5.75 Å². The third-order valence-electron chi connectivity index (χ3n) is 4.30. The predicted molar refractivity (Wildman–Crippen MR) is 86.2 cm³/mol. The summed E-state index contributed by atoms with van der Waals surface area (Å²) in [6, 6.07) is 10.1. The number of hydrogen-bond donors (Lipinski definition) is 2. The molecule has 1 saturated carbocycles. The first-order chi connectivity index (χ1) is 10.7. The van der Waals surface area contributed by atoms with Gasteiger partial charge >= 0.3 is 0 Å². The number of ether oxygens (including phenoxy) is 1. The molecule has 116 valence electrons. The lowest BCUT2D eigenvalue weighted by molar-refractivity contribution is 0.0931. The molecule has 1 aliphatic carbocycles. The molecule has 22 heavy (non-hydrogen) atoms. The van der Waals surface area contributed by atoms with Crippen molar-refractivity contribution < 1.29 is 9.53 Å². The molecule has 1 amide bonds. The van der Waals surface area contributed by atoms with Gasteiger partial charge < -0.3 is 15.0 Å². The first-order valence-corrected chi connectivity index (χ1v) is 7.75. The van der Waals surface area contributed by atoms with Crippen LogP contribution in [0.2, 0.25) is 0 Å². The van der Waals surface area contributed by atoms with E-state index in [4.69, 9.17) is 4.74 Å². The van der Waals surface area contributed by atoms with Gasteiger partial charge in [0.05, 0.1) is 12.7 Å². The topological polar surface area (TPSA) is 54.1 Å². The van der Waals surface area contributed by atoms with Crippen LogP contribution in [0.4, 0.5) is 0 Å². The summed E-state index contributed by atoms with van der Waals surface area (Å²) in [5.41, 5.74) is 2.84. The van der Waals surface area contributed by atoms with Crippen LogP contribution in [0, 0.1) is 12.8 Å². The van der Waals surface area contributed by atoms with Crippen molar-refractivity contribution in [3.05, 3.63) is 53.3 Å². The van der Waals surface area contributed by atoms with Gasteiger partial charge in [-0.1, -0.05) is 12.1 Å². The first-order valence-electron chi connectivity index (χ1n) is 7.75. The lowest BCUT2D eigenvalue weighted by atomic mass is 10.0. The van der Waals surface area contributed by atoms with E-state index >= 15 is 0 Å². The molecule has 2 aromatic rings. The summed E-state index contributed by atoms with van der Waals surface area (Å²) < 4.78 is 5.28. The van der Waals surface area contributed by atoms with Crippen molar-refractivity contribution in [2.45, 2.75) is 32.2 Å². The van der Waals surface area contributed by atoms with Crippen LogP contribution in [-0.4, -0.2) is 24.0 Å². The minimum Gasteiger partial charge on any atom is -0.497 e. The Bertz CT molecular complexity index is 659. The molecule has 1 aromatic heterocycles. The van der Waals surface area contributed by atoms with E-state index in [0.29, 0.717) is 5.92 Å². The zero-order chi connectivity index (χ0) is 15.5. The molecule has 2 N–H and O–H groups in total. The summed E-state index contributed by atoms with van der Waals surface area (Å²) in [6.07, 6.45) is 5.04. The number of carbonyl (C=O) groups is 1. The van der Waals surface area contributed by atoms with Crippen molar-refractivity contribution in [1.29, 1.82) is 0 Å². The molecule has 4 heteroatoms. The summed E-state index contributed by atoms with van der Waals surface area (Å²) >= 11 is 0. The molecule has 1 atom stereocenters. The second-order valence-electron chi connectivity index (χ2n) is 5.99. The van der Waals surface area contributed by atoms with Gasteiger partial charge in [-0.3, -0.25) is 4.79 Å². The van der Waals surface area contributed by atoms with Gasteiger partial charge in [-0.15, -0.1) is 0 Å². The smallest absolute Gasteiger partial charge is 0.253 e. The Kier molecular flexibility index (Phi) is 4.18. The number of aryl methyl sites for hydroxylation is 1. The Balaban J connectivity index is 1.70. The molecule has 1 heterocycles. The number of carbonyl (C=O) groups excluding carboxylic acids is 1. The molecule has 0 radical (unpaired) electrons. The van der Waals surface area contributed by atoms with E-state index in [0.717, 1.165) is 23.4 Å². The molecule has 0 aliphatic heterocycles. The average molecular weight is 298 g/mol. The van der Waals surface area contributed by atoms with Crippen LogP contribution in [0.25, 0.3) is 0 Å². The zero-order valence-corrected chi connectivity index (χ0v) is 13.1. The number of aromatic amines is 1. The lowest BCUT2D eigenvalue weighted by Crippen LogP contribution is -2.38. The average Bonchev–Trinajstić information content (AvgIpc) is 3.28. The van der Waals surface area contributed by atoms with Crippen molar-refractivity contribution >= 4 is 5.91 Å². The highest BCUT2D eigenvalue weighted by Gasteiger charge is 2.32. The number of aromatic nitrogens is 1. The number of H-pyrrole nitrogens is 1. The van der Waals surface area contributed by atoms with Crippen LogP contribution in [0.15, 0.2) is 36.5 Å². The van der Waals surface area contributed by atoms with Crippen LogP contribution in [-0.2, 0) is 6.42 Å². The van der Waals surface area contributed by atoms with Gasteiger partial charge in [0.25, 0.3) is 5.91 Å². The van der Waals surface area contributed by atoms with Gasteiger partial charge in [0.2, 0.25) is 0 Å². The van der Waals surface area contributed by atoms with Crippen molar-refractivity contribution in [3.63, 3.8) is 0 Å². The number of benzene rings is 1. The highest BCUT2D eigenvalue weighted by atomic mass is 16.5. The minimum absolute atomic E-state index is 0.0125. The minimum atomic E-state index is 0.0125. The van der Waals surface area contributed by atoms with Gasteiger partial charge in [-0.25, -0.2) is 0 Å². The van der Waals surface area contributed by atoms with E-state index in [-0.39, 0.29) is 11.9 Å². The van der Waals surface area contributed by atoms with Crippen molar-refractivity contribution in [3.8, 4) is 5.75 Å². The summed E-state index contributed by atoms with van der Waals surface area (Å²) in [4.78, 5) is 15.5. The van der Waals surface area contributed by atoms with E-state index in [2.05, 4.69) is 16.4 Å². The van der Waals surface area contributed by atoms with Crippen LogP contribution in [0.1, 0.15) is 34.5 Å². The normalized spacial score (nSPS) is 15.4. The maximum absolute atomic E-state index is 12.4. The Labute approximate surface area is 130 Å². The monoisotopic (exact) mass is 298 g/mol.